The number of esters is 1. The number of hydrogen-bond donors (Lipinski definition) is 1. The van der Waals surface area contributed by atoms with Crippen LogP contribution in [0.25, 0.3) is 33.6 Å². The number of carbonyl (C=O) groups excluding carboxylic acids is 1. The Hall–Kier alpha value is -4.48. The Kier molecular flexibility index (Phi) is 5.09. The number of methoxy groups -OCH3 is 1. The van der Waals surface area contributed by atoms with E-state index in [2.05, 4.69) is 20.1 Å². The van der Waals surface area contributed by atoms with Crippen molar-refractivity contribution in [3.05, 3.63) is 53.5 Å². The number of aromatic nitrogens is 8. The molecule has 0 spiro atoms. The maximum Gasteiger partial charge on any atom is 0.326 e. The van der Waals surface area contributed by atoms with E-state index in [0.717, 1.165) is 22.4 Å². The number of ether oxygens (including phenoxy) is 1. The van der Waals surface area contributed by atoms with Crippen molar-refractivity contribution in [3.8, 4) is 11.4 Å². The molecule has 0 bridgehead atoms. The topological polar surface area (TPSA) is 129 Å². The van der Waals surface area contributed by atoms with Gasteiger partial charge in [0.1, 0.15) is 12.2 Å². The molecule has 12 nitrogen and oxygen atoms in total. The van der Waals surface area contributed by atoms with Crippen LogP contribution in [-0.2, 0) is 23.6 Å². The molecule has 1 saturated heterocycles. The Morgan fingerprint density at radius 2 is 2.03 bits per heavy atom. The lowest BCUT2D eigenvalue weighted by Crippen LogP contribution is -2.47. The number of nitrogens with zero attached hydrogens (tertiary/aromatic N) is 8. The molecular formula is C24H25N9O3. The number of H-pyrrole nitrogens is 1. The molecule has 0 aliphatic carbocycles. The largest absolute Gasteiger partial charge is 0.469 e. The monoisotopic (exact) mass is 487 g/mol. The lowest BCUT2D eigenvalue weighted by atomic mass is 9.91. The van der Waals surface area contributed by atoms with Crippen LogP contribution in [0.5, 0.6) is 0 Å². The highest BCUT2D eigenvalue weighted by Gasteiger charge is 2.39. The van der Waals surface area contributed by atoms with Crippen LogP contribution in [0.3, 0.4) is 0 Å². The normalized spacial score (nSPS) is 18.2. The van der Waals surface area contributed by atoms with Crippen molar-refractivity contribution < 1.29 is 9.53 Å². The number of imidazole rings is 2. The molecule has 1 aliphatic rings. The summed E-state index contributed by atoms with van der Waals surface area (Å²) < 4.78 is 10.5. The zero-order chi connectivity index (χ0) is 25.0. The summed E-state index contributed by atoms with van der Waals surface area (Å²) in [6, 6.07) is 7.14. The number of nitrogens with one attached hydrogen (secondary N) is 1. The molecule has 1 fully saturated rings. The summed E-state index contributed by atoms with van der Waals surface area (Å²) >= 11 is 0. The SMILES string of the molecule is COC(=O)[C@@H]1CN(c2ncnc3c2nc(-c2cnn(C)c2)n3C)CC[C@H]1n1c(=O)[nH]c2ccccc21. The van der Waals surface area contributed by atoms with Gasteiger partial charge in [-0.25, -0.2) is 19.7 Å². The molecule has 5 aromatic rings. The van der Waals surface area contributed by atoms with Crippen LogP contribution in [0.1, 0.15) is 12.5 Å². The minimum atomic E-state index is -0.577. The fraction of sp³-hybridized carbons (Fsp3) is 0.333. The first-order valence-electron chi connectivity index (χ1n) is 11.6. The van der Waals surface area contributed by atoms with Crippen LogP contribution in [0.4, 0.5) is 5.82 Å². The van der Waals surface area contributed by atoms with Crippen LogP contribution in [-0.4, -0.2) is 65.0 Å². The summed E-state index contributed by atoms with van der Waals surface area (Å²) in [6.07, 6.45) is 5.71. The van der Waals surface area contributed by atoms with Gasteiger partial charge in [-0.15, -0.1) is 0 Å². The number of piperidine rings is 1. The van der Waals surface area contributed by atoms with Gasteiger partial charge < -0.3 is 19.2 Å². The highest BCUT2D eigenvalue weighted by Crippen LogP contribution is 2.35. The standard InChI is InChI=1S/C24H25N9O3/c1-30-11-14(10-27-30)20-29-19-21(31(20)2)25-13-26-22(19)32-9-8-17(15(12-32)23(34)36-3)33-18-7-5-4-6-16(18)28-24(33)35/h4-7,10-11,13,15,17H,8-9,12H2,1-3H3,(H,28,35)/t15-,17-/m1/s1. The number of anilines is 1. The summed E-state index contributed by atoms with van der Waals surface area (Å²) in [6.45, 7) is 0.906. The third-order valence-corrected chi connectivity index (χ3v) is 6.94. The maximum atomic E-state index is 13.0. The molecule has 1 N–H and O–H groups in total. The first-order chi connectivity index (χ1) is 17.5. The first-order valence-corrected chi connectivity index (χ1v) is 11.6. The van der Waals surface area contributed by atoms with E-state index < -0.39 is 5.92 Å². The van der Waals surface area contributed by atoms with Crippen molar-refractivity contribution in [1.29, 1.82) is 0 Å². The number of carbonyl (C=O) groups is 1. The highest BCUT2D eigenvalue weighted by atomic mass is 16.5. The average molecular weight is 488 g/mol. The Labute approximate surface area is 205 Å². The Morgan fingerprint density at radius 3 is 2.81 bits per heavy atom. The van der Waals surface area contributed by atoms with Gasteiger partial charge in [0.05, 0.1) is 41.9 Å². The second kappa shape index (κ2) is 8.33. The van der Waals surface area contributed by atoms with Gasteiger partial charge >= 0.3 is 11.7 Å². The first kappa shape index (κ1) is 22.0. The third-order valence-electron chi connectivity index (χ3n) is 6.94. The summed E-state index contributed by atoms with van der Waals surface area (Å²) in [5.41, 5.74) is 3.47. The van der Waals surface area contributed by atoms with Crippen LogP contribution in [0.2, 0.25) is 0 Å². The van der Waals surface area contributed by atoms with Gasteiger partial charge in [-0.3, -0.25) is 14.0 Å². The van der Waals surface area contributed by atoms with Gasteiger partial charge in [0.25, 0.3) is 0 Å². The van der Waals surface area contributed by atoms with Crippen LogP contribution < -0.4 is 10.6 Å². The van der Waals surface area contributed by atoms with Gasteiger partial charge in [0.15, 0.2) is 17.0 Å². The lowest BCUT2D eigenvalue weighted by Gasteiger charge is -2.38. The predicted octanol–water partition coefficient (Wildman–Crippen LogP) is 1.65. The van der Waals surface area contributed by atoms with Gasteiger partial charge in [0, 0.05) is 33.4 Å². The van der Waals surface area contributed by atoms with Crippen LogP contribution in [0, 0.1) is 5.92 Å². The van der Waals surface area contributed by atoms with Crippen LogP contribution >= 0.6 is 0 Å². The molecular weight excluding hydrogens is 462 g/mol. The second-order valence-corrected chi connectivity index (χ2v) is 9.02. The minimum Gasteiger partial charge on any atom is -0.469 e. The number of benzene rings is 1. The van der Waals surface area contributed by atoms with Crippen molar-refractivity contribution in [1.82, 2.24) is 38.9 Å². The van der Waals surface area contributed by atoms with Crippen molar-refractivity contribution in [2.24, 2.45) is 20.0 Å². The van der Waals surface area contributed by atoms with Gasteiger partial charge in [-0.2, -0.15) is 5.10 Å². The highest BCUT2D eigenvalue weighted by molar-refractivity contribution is 5.87. The van der Waals surface area contributed by atoms with E-state index in [1.807, 2.05) is 54.0 Å². The zero-order valence-corrected chi connectivity index (χ0v) is 20.1. The molecule has 0 saturated carbocycles. The maximum absolute atomic E-state index is 13.0. The molecule has 12 heteroatoms. The molecule has 4 aromatic heterocycles. The Bertz CT molecular complexity index is 1660. The van der Waals surface area contributed by atoms with E-state index >= 15 is 0 Å². The number of rotatable bonds is 4. The Morgan fingerprint density at radius 1 is 1.19 bits per heavy atom. The van der Waals surface area contributed by atoms with Crippen molar-refractivity contribution in [3.63, 3.8) is 0 Å². The molecule has 184 valence electrons. The second-order valence-electron chi connectivity index (χ2n) is 9.02. The fourth-order valence-electron chi connectivity index (χ4n) is 5.24. The number of fused-ring (bicyclic) bond motifs is 2. The fourth-order valence-corrected chi connectivity index (χ4v) is 5.24. The van der Waals surface area contributed by atoms with Gasteiger partial charge in [-0.05, 0) is 18.6 Å². The molecule has 6 rings (SSSR count). The van der Waals surface area contributed by atoms with E-state index in [-0.39, 0.29) is 17.7 Å². The minimum absolute atomic E-state index is 0.237. The van der Waals surface area contributed by atoms with Crippen molar-refractivity contribution in [2.45, 2.75) is 12.5 Å². The molecule has 1 aromatic carbocycles. The molecule has 5 heterocycles. The summed E-state index contributed by atoms with van der Waals surface area (Å²) in [5.74, 6) is 0.422. The van der Waals surface area contributed by atoms with E-state index in [1.165, 1.54) is 13.4 Å². The van der Waals surface area contributed by atoms with Gasteiger partial charge in [0.2, 0.25) is 0 Å². The quantitative estimate of drug-likeness (QED) is 0.379. The average Bonchev–Trinajstić information content (AvgIpc) is 3.57. The Balaban J connectivity index is 1.40. The van der Waals surface area contributed by atoms with E-state index in [4.69, 9.17) is 9.72 Å². The number of hydrogen-bond acceptors (Lipinski definition) is 8. The number of aromatic amines is 1. The lowest BCUT2D eigenvalue weighted by molar-refractivity contribution is -0.147. The molecule has 36 heavy (non-hydrogen) atoms. The summed E-state index contributed by atoms with van der Waals surface area (Å²) in [5, 5.41) is 4.25. The summed E-state index contributed by atoms with van der Waals surface area (Å²) in [4.78, 5) is 44.7. The molecule has 0 radical (unpaired) electrons. The molecule has 1 aliphatic heterocycles. The molecule has 0 amide bonds. The molecule has 0 unspecified atom stereocenters. The van der Waals surface area contributed by atoms with E-state index in [0.29, 0.717) is 36.5 Å². The van der Waals surface area contributed by atoms with E-state index in [9.17, 15) is 9.59 Å². The van der Waals surface area contributed by atoms with Crippen LogP contribution in [0.15, 0.2) is 47.8 Å². The third kappa shape index (κ3) is 3.36. The summed E-state index contributed by atoms with van der Waals surface area (Å²) in [7, 11) is 5.13. The predicted molar refractivity (Wildman–Crippen MR) is 132 cm³/mol. The molecule has 2 atom stereocenters. The van der Waals surface area contributed by atoms with Gasteiger partial charge in [-0.1, -0.05) is 12.1 Å². The van der Waals surface area contributed by atoms with E-state index in [1.54, 1.807) is 15.4 Å². The van der Waals surface area contributed by atoms with Crippen molar-refractivity contribution in [2.75, 3.05) is 25.1 Å². The number of aryl methyl sites for hydroxylation is 2. The smallest absolute Gasteiger partial charge is 0.326 e. The zero-order valence-electron chi connectivity index (χ0n) is 20.1. The number of para-hydroxylation sites is 2. The van der Waals surface area contributed by atoms with Crippen molar-refractivity contribution >= 4 is 34.0 Å².